The fourth-order valence-corrected chi connectivity index (χ4v) is 3.08. The monoisotopic (exact) mass is 274 g/mol. The number of anilines is 1. The first-order valence-corrected chi connectivity index (χ1v) is 7.58. The number of urea groups is 1. The topological polar surface area (TPSA) is 41.6 Å². The Morgan fingerprint density at radius 2 is 2.00 bits per heavy atom. The average molecular weight is 274 g/mol. The van der Waals surface area contributed by atoms with Gasteiger partial charge < -0.3 is 10.1 Å². The Hall–Kier alpha value is -1.71. The van der Waals surface area contributed by atoms with Gasteiger partial charge in [-0.2, -0.15) is 0 Å². The van der Waals surface area contributed by atoms with E-state index in [1.165, 1.54) is 19.3 Å². The molecule has 1 aromatic carbocycles. The van der Waals surface area contributed by atoms with E-state index in [0.29, 0.717) is 12.6 Å². The van der Waals surface area contributed by atoms with E-state index >= 15 is 0 Å². The van der Waals surface area contributed by atoms with Crippen LogP contribution in [0.3, 0.4) is 0 Å². The first-order valence-electron chi connectivity index (χ1n) is 7.58. The first-order chi connectivity index (χ1) is 9.74. The molecule has 1 aliphatic heterocycles. The summed E-state index contributed by atoms with van der Waals surface area (Å²) in [4.78, 5) is 14.4. The Morgan fingerprint density at radius 1 is 1.25 bits per heavy atom. The van der Waals surface area contributed by atoms with E-state index in [9.17, 15) is 4.79 Å². The zero-order valence-electron chi connectivity index (χ0n) is 12.0. The van der Waals surface area contributed by atoms with E-state index in [1.54, 1.807) is 0 Å². The van der Waals surface area contributed by atoms with E-state index in [-0.39, 0.29) is 12.1 Å². The van der Waals surface area contributed by atoms with Crippen molar-refractivity contribution in [3.8, 4) is 5.75 Å². The van der Waals surface area contributed by atoms with Gasteiger partial charge >= 0.3 is 6.03 Å². The van der Waals surface area contributed by atoms with Crippen LogP contribution in [-0.4, -0.2) is 24.7 Å². The molecule has 1 aromatic rings. The second-order valence-electron chi connectivity index (χ2n) is 5.79. The number of rotatable bonds is 1. The third-order valence-electron chi connectivity index (χ3n) is 4.10. The second kappa shape index (κ2) is 5.73. The Morgan fingerprint density at radius 3 is 2.80 bits per heavy atom. The van der Waals surface area contributed by atoms with Crippen LogP contribution in [0, 0.1) is 0 Å². The predicted molar refractivity (Wildman–Crippen MR) is 79.3 cm³/mol. The maximum absolute atomic E-state index is 12.5. The largest absolute Gasteiger partial charge is 0.487 e. The van der Waals surface area contributed by atoms with Gasteiger partial charge in [-0.1, -0.05) is 31.4 Å². The van der Waals surface area contributed by atoms with Crippen molar-refractivity contribution in [1.82, 2.24) is 5.32 Å². The SMILES string of the molecule is CC1CN(C(=O)NC2CCCCC2)c2ccccc2O1. The van der Waals surface area contributed by atoms with Crippen molar-refractivity contribution < 1.29 is 9.53 Å². The van der Waals surface area contributed by atoms with Gasteiger partial charge in [-0.25, -0.2) is 4.79 Å². The summed E-state index contributed by atoms with van der Waals surface area (Å²) in [5, 5.41) is 3.18. The van der Waals surface area contributed by atoms with Gasteiger partial charge in [0, 0.05) is 6.04 Å². The van der Waals surface area contributed by atoms with Crippen LogP contribution in [0.5, 0.6) is 5.75 Å². The van der Waals surface area contributed by atoms with Crippen molar-refractivity contribution in [3.63, 3.8) is 0 Å². The standard InChI is InChI=1S/C16H22N2O2/c1-12-11-18(14-9-5-6-10-15(14)20-12)16(19)17-13-7-3-2-4-8-13/h5-6,9-10,12-13H,2-4,7-8,11H2,1H3,(H,17,19). The smallest absolute Gasteiger partial charge is 0.322 e. The molecule has 1 N–H and O–H groups in total. The molecule has 2 amide bonds. The molecule has 4 heteroatoms. The zero-order valence-corrected chi connectivity index (χ0v) is 12.0. The molecule has 1 atom stereocenters. The highest BCUT2D eigenvalue weighted by Gasteiger charge is 2.28. The molecule has 0 aromatic heterocycles. The lowest BCUT2D eigenvalue weighted by Crippen LogP contribution is -2.50. The summed E-state index contributed by atoms with van der Waals surface area (Å²) < 4.78 is 5.78. The molecule has 108 valence electrons. The molecule has 20 heavy (non-hydrogen) atoms. The minimum Gasteiger partial charge on any atom is -0.487 e. The van der Waals surface area contributed by atoms with Gasteiger partial charge in [0.1, 0.15) is 11.9 Å². The van der Waals surface area contributed by atoms with Crippen molar-refractivity contribution in [2.45, 2.75) is 51.2 Å². The summed E-state index contributed by atoms with van der Waals surface area (Å²) in [5.41, 5.74) is 0.874. The lowest BCUT2D eigenvalue weighted by Gasteiger charge is -2.35. The lowest BCUT2D eigenvalue weighted by molar-refractivity contribution is 0.202. The van der Waals surface area contributed by atoms with Crippen molar-refractivity contribution in [2.24, 2.45) is 0 Å². The number of carbonyl (C=O) groups is 1. The Labute approximate surface area is 120 Å². The quantitative estimate of drug-likeness (QED) is 0.853. The van der Waals surface area contributed by atoms with Crippen LogP contribution in [0.4, 0.5) is 10.5 Å². The molecule has 3 rings (SSSR count). The van der Waals surface area contributed by atoms with E-state index in [4.69, 9.17) is 4.74 Å². The number of carbonyl (C=O) groups excluding carboxylic acids is 1. The summed E-state index contributed by atoms with van der Waals surface area (Å²) in [6, 6.07) is 8.10. The average Bonchev–Trinajstić information content (AvgIpc) is 2.47. The molecule has 0 bridgehead atoms. The van der Waals surface area contributed by atoms with Gasteiger partial charge in [-0.3, -0.25) is 4.90 Å². The number of para-hydroxylation sites is 2. The van der Waals surface area contributed by atoms with Crippen LogP contribution in [-0.2, 0) is 0 Å². The first kappa shape index (κ1) is 13.3. The lowest BCUT2D eigenvalue weighted by atomic mass is 9.96. The number of ether oxygens (including phenoxy) is 1. The van der Waals surface area contributed by atoms with Crippen LogP contribution in [0.15, 0.2) is 24.3 Å². The highest BCUT2D eigenvalue weighted by atomic mass is 16.5. The van der Waals surface area contributed by atoms with Gasteiger partial charge in [0.25, 0.3) is 0 Å². The number of fused-ring (bicyclic) bond motifs is 1. The Kier molecular flexibility index (Phi) is 3.81. The molecule has 1 fully saturated rings. The van der Waals surface area contributed by atoms with Gasteiger partial charge in [0.15, 0.2) is 0 Å². The predicted octanol–water partition coefficient (Wildman–Crippen LogP) is 3.32. The molecule has 1 unspecified atom stereocenters. The molecule has 2 aliphatic rings. The minimum absolute atomic E-state index is 0.0134. The Bertz CT molecular complexity index is 483. The normalized spacial score (nSPS) is 22.9. The van der Waals surface area contributed by atoms with Gasteiger partial charge in [0.2, 0.25) is 0 Å². The van der Waals surface area contributed by atoms with Gasteiger partial charge in [-0.15, -0.1) is 0 Å². The summed E-state index contributed by atoms with van der Waals surface area (Å²) in [6.45, 7) is 2.60. The molecule has 0 spiro atoms. The van der Waals surface area contributed by atoms with Gasteiger partial charge in [0.05, 0.1) is 12.2 Å². The fraction of sp³-hybridized carbons (Fsp3) is 0.562. The summed E-state index contributed by atoms with van der Waals surface area (Å²) >= 11 is 0. The molecular formula is C16H22N2O2. The molecule has 1 heterocycles. The van der Waals surface area contributed by atoms with Crippen LogP contribution in [0.25, 0.3) is 0 Å². The number of nitrogens with zero attached hydrogens (tertiary/aromatic N) is 1. The number of nitrogens with one attached hydrogen (secondary N) is 1. The van der Waals surface area contributed by atoms with E-state index in [2.05, 4.69) is 5.32 Å². The molecule has 1 saturated carbocycles. The number of benzene rings is 1. The molecule has 0 saturated heterocycles. The van der Waals surface area contributed by atoms with E-state index in [1.807, 2.05) is 36.1 Å². The van der Waals surface area contributed by atoms with Crippen molar-refractivity contribution in [3.05, 3.63) is 24.3 Å². The van der Waals surface area contributed by atoms with Crippen LogP contribution in [0.2, 0.25) is 0 Å². The molecule has 4 nitrogen and oxygen atoms in total. The third kappa shape index (κ3) is 2.74. The fourth-order valence-electron chi connectivity index (χ4n) is 3.08. The highest BCUT2D eigenvalue weighted by Crippen LogP contribution is 2.33. The van der Waals surface area contributed by atoms with E-state index in [0.717, 1.165) is 24.3 Å². The minimum atomic E-state index is 0.0134. The summed E-state index contributed by atoms with van der Waals surface area (Å²) in [6.07, 6.45) is 5.98. The van der Waals surface area contributed by atoms with Crippen LogP contribution in [0.1, 0.15) is 39.0 Å². The third-order valence-corrected chi connectivity index (χ3v) is 4.10. The molecule has 1 aliphatic carbocycles. The van der Waals surface area contributed by atoms with Crippen LogP contribution >= 0.6 is 0 Å². The molecule has 0 radical (unpaired) electrons. The van der Waals surface area contributed by atoms with Crippen LogP contribution < -0.4 is 15.0 Å². The number of hydrogen-bond donors (Lipinski definition) is 1. The highest BCUT2D eigenvalue weighted by molar-refractivity contribution is 5.94. The number of hydrogen-bond acceptors (Lipinski definition) is 2. The zero-order chi connectivity index (χ0) is 13.9. The van der Waals surface area contributed by atoms with E-state index < -0.39 is 0 Å². The maximum atomic E-state index is 12.5. The van der Waals surface area contributed by atoms with Crippen molar-refractivity contribution >= 4 is 11.7 Å². The van der Waals surface area contributed by atoms with Crippen molar-refractivity contribution in [2.75, 3.05) is 11.4 Å². The van der Waals surface area contributed by atoms with Gasteiger partial charge in [-0.05, 0) is 31.9 Å². The maximum Gasteiger partial charge on any atom is 0.322 e. The van der Waals surface area contributed by atoms with Crippen molar-refractivity contribution in [1.29, 1.82) is 0 Å². The number of amides is 2. The summed E-state index contributed by atoms with van der Waals surface area (Å²) in [5.74, 6) is 0.796. The summed E-state index contributed by atoms with van der Waals surface area (Å²) in [7, 11) is 0. The molecular weight excluding hydrogens is 252 g/mol. The second-order valence-corrected chi connectivity index (χ2v) is 5.79. The Balaban J connectivity index is 1.74.